The van der Waals surface area contributed by atoms with Gasteiger partial charge in [-0.05, 0) is 42.0 Å². The number of fused-ring (bicyclic) bond motifs is 2. The summed E-state index contributed by atoms with van der Waals surface area (Å²) in [6.07, 6.45) is 1.70. The highest BCUT2D eigenvalue weighted by molar-refractivity contribution is 5.94. The fourth-order valence-corrected chi connectivity index (χ4v) is 3.80. The van der Waals surface area contributed by atoms with Crippen molar-refractivity contribution in [1.82, 2.24) is 9.47 Å². The van der Waals surface area contributed by atoms with Gasteiger partial charge in [0.15, 0.2) is 5.43 Å². The van der Waals surface area contributed by atoms with Gasteiger partial charge in [-0.2, -0.15) is 5.26 Å². The number of hydrogen-bond donors (Lipinski definition) is 0. The molecule has 0 aliphatic heterocycles. The smallest absolute Gasteiger partial charge is 0.243 e. The summed E-state index contributed by atoms with van der Waals surface area (Å²) in [7, 11) is 0. The van der Waals surface area contributed by atoms with Crippen LogP contribution < -0.4 is 5.43 Å². The van der Waals surface area contributed by atoms with Crippen LogP contribution in [0.15, 0.2) is 90.2 Å². The molecule has 0 unspecified atom stereocenters. The van der Waals surface area contributed by atoms with Gasteiger partial charge < -0.3 is 9.47 Å². The van der Waals surface area contributed by atoms with Gasteiger partial charge in [-0.1, -0.05) is 42.5 Å². The molecule has 1 aromatic heterocycles. The number of hydrogen-bond acceptors (Lipinski definition) is 3. The molecule has 4 aromatic rings. The van der Waals surface area contributed by atoms with Crippen LogP contribution >= 0.6 is 0 Å². The van der Waals surface area contributed by atoms with Crippen LogP contribution in [0.1, 0.15) is 11.1 Å². The van der Waals surface area contributed by atoms with Crippen molar-refractivity contribution in [2.45, 2.75) is 13.1 Å². The van der Waals surface area contributed by atoms with Gasteiger partial charge >= 0.3 is 0 Å². The minimum Gasteiger partial charge on any atom is -0.333 e. The zero-order valence-corrected chi connectivity index (χ0v) is 17.0. The van der Waals surface area contributed by atoms with Crippen LogP contribution in [0.5, 0.6) is 0 Å². The highest BCUT2D eigenvalue weighted by Gasteiger charge is 2.17. The summed E-state index contributed by atoms with van der Waals surface area (Å²) >= 11 is 0. The van der Waals surface area contributed by atoms with E-state index < -0.39 is 0 Å². The molecule has 0 aliphatic carbocycles. The van der Waals surface area contributed by atoms with E-state index in [1.165, 1.54) is 0 Å². The highest BCUT2D eigenvalue weighted by Crippen LogP contribution is 2.20. The van der Waals surface area contributed by atoms with Crippen LogP contribution in [-0.2, 0) is 17.9 Å². The van der Waals surface area contributed by atoms with Crippen LogP contribution in [-0.4, -0.2) is 21.9 Å². The predicted octanol–water partition coefficient (Wildman–Crippen LogP) is 4.24. The second-order valence-electron chi connectivity index (χ2n) is 7.32. The Morgan fingerprint density at radius 3 is 2.10 bits per heavy atom. The number of aromatic nitrogens is 1. The molecule has 3 aromatic carbocycles. The number of carbonyl (C=O) groups is 1. The van der Waals surface area contributed by atoms with E-state index in [1.807, 2.05) is 53.1 Å². The molecule has 0 spiro atoms. The largest absolute Gasteiger partial charge is 0.333 e. The first-order valence-corrected chi connectivity index (χ1v) is 10.0. The lowest BCUT2D eigenvalue weighted by Gasteiger charge is -2.23. The van der Waals surface area contributed by atoms with Crippen molar-refractivity contribution in [1.29, 1.82) is 5.26 Å². The fourth-order valence-electron chi connectivity index (χ4n) is 3.80. The maximum Gasteiger partial charge on any atom is 0.243 e. The second-order valence-corrected chi connectivity index (χ2v) is 7.32. The molecule has 0 aliphatic rings. The maximum atomic E-state index is 13.3. The Hall–Kier alpha value is -4.17. The van der Waals surface area contributed by atoms with Gasteiger partial charge in [0.25, 0.3) is 0 Å². The number of carbonyl (C=O) groups excluding carboxylic acids is 1. The summed E-state index contributed by atoms with van der Waals surface area (Å²) in [4.78, 5) is 28.0. The maximum absolute atomic E-state index is 13.3. The molecule has 0 saturated carbocycles. The monoisotopic (exact) mass is 407 g/mol. The SMILES string of the molecule is C=CCN(Cc1ccc(C#N)cc1)C(=O)Cn1c2ccccc2c(=O)c2ccccc21. The fraction of sp³-hybridized carbons (Fsp3) is 0.115. The average Bonchev–Trinajstić information content (AvgIpc) is 2.82. The molecule has 152 valence electrons. The number of benzene rings is 3. The Morgan fingerprint density at radius 1 is 0.968 bits per heavy atom. The van der Waals surface area contributed by atoms with Gasteiger partial charge in [-0.3, -0.25) is 9.59 Å². The lowest BCUT2D eigenvalue weighted by atomic mass is 10.1. The molecule has 0 radical (unpaired) electrons. The summed E-state index contributed by atoms with van der Waals surface area (Å²) in [5.41, 5.74) is 2.95. The van der Waals surface area contributed by atoms with E-state index in [0.717, 1.165) is 16.6 Å². The molecule has 0 fully saturated rings. The molecular weight excluding hydrogens is 386 g/mol. The van der Waals surface area contributed by atoms with Crippen LogP contribution in [0.3, 0.4) is 0 Å². The number of nitrogens with zero attached hydrogens (tertiary/aromatic N) is 3. The predicted molar refractivity (Wildman–Crippen MR) is 122 cm³/mol. The van der Waals surface area contributed by atoms with Gasteiger partial charge in [0, 0.05) is 23.9 Å². The first-order valence-electron chi connectivity index (χ1n) is 10.0. The summed E-state index contributed by atoms with van der Waals surface area (Å²) in [5.74, 6) is -0.0804. The number of pyridine rings is 1. The summed E-state index contributed by atoms with van der Waals surface area (Å²) < 4.78 is 1.91. The van der Waals surface area contributed by atoms with Gasteiger partial charge in [0.1, 0.15) is 6.54 Å². The number of amides is 1. The Kier molecular flexibility index (Phi) is 5.63. The summed E-state index contributed by atoms with van der Waals surface area (Å²) in [6, 6.07) is 24.0. The molecule has 1 heterocycles. The highest BCUT2D eigenvalue weighted by atomic mass is 16.2. The Bertz CT molecular complexity index is 1320. The van der Waals surface area contributed by atoms with Gasteiger partial charge in [0.2, 0.25) is 5.91 Å². The van der Waals surface area contributed by atoms with Crippen molar-refractivity contribution in [2.24, 2.45) is 0 Å². The van der Waals surface area contributed by atoms with Crippen molar-refractivity contribution >= 4 is 27.7 Å². The second kappa shape index (κ2) is 8.68. The van der Waals surface area contributed by atoms with Crippen molar-refractivity contribution in [3.63, 3.8) is 0 Å². The van der Waals surface area contributed by atoms with E-state index in [2.05, 4.69) is 12.6 Å². The van der Waals surface area contributed by atoms with E-state index in [0.29, 0.717) is 29.4 Å². The van der Waals surface area contributed by atoms with Crippen LogP contribution in [0.4, 0.5) is 0 Å². The minimum absolute atomic E-state index is 0.0320. The third-order valence-corrected chi connectivity index (χ3v) is 5.33. The van der Waals surface area contributed by atoms with Gasteiger partial charge in [0.05, 0.1) is 22.7 Å². The van der Waals surface area contributed by atoms with Crippen molar-refractivity contribution in [3.8, 4) is 6.07 Å². The van der Waals surface area contributed by atoms with Crippen LogP contribution in [0.2, 0.25) is 0 Å². The van der Waals surface area contributed by atoms with Crippen molar-refractivity contribution in [2.75, 3.05) is 6.54 Å². The third-order valence-electron chi connectivity index (χ3n) is 5.33. The van der Waals surface area contributed by atoms with E-state index in [4.69, 9.17) is 5.26 Å². The molecule has 0 atom stereocenters. The van der Waals surface area contributed by atoms with E-state index in [1.54, 1.807) is 35.2 Å². The van der Waals surface area contributed by atoms with Crippen molar-refractivity contribution < 1.29 is 4.79 Å². The molecule has 0 bridgehead atoms. The normalized spacial score (nSPS) is 10.7. The zero-order chi connectivity index (χ0) is 21.8. The molecule has 31 heavy (non-hydrogen) atoms. The van der Waals surface area contributed by atoms with E-state index in [-0.39, 0.29) is 17.9 Å². The lowest BCUT2D eigenvalue weighted by molar-refractivity contribution is -0.131. The number of rotatable bonds is 6. The van der Waals surface area contributed by atoms with Crippen LogP contribution in [0, 0.1) is 11.3 Å². The first-order chi connectivity index (χ1) is 15.1. The quantitative estimate of drug-likeness (QED) is 0.355. The minimum atomic E-state index is -0.0804. The zero-order valence-electron chi connectivity index (χ0n) is 17.0. The molecule has 5 heteroatoms. The molecule has 0 N–H and O–H groups in total. The van der Waals surface area contributed by atoms with E-state index >= 15 is 0 Å². The Morgan fingerprint density at radius 2 is 1.55 bits per heavy atom. The number of para-hydroxylation sites is 2. The van der Waals surface area contributed by atoms with Gasteiger partial charge in [-0.25, -0.2) is 0 Å². The molecule has 0 saturated heterocycles. The molecule has 5 nitrogen and oxygen atoms in total. The molecular formula is C26H21N3O2. The summed E-state index contributed by atoms with van der Waals surface area (Å²) in [5, 5.41) is 10.2. The van der Waals surface area contributed by atoms with Crippen LogP contribution in [0.25, 0.3) is 21.8 Å². The average molecular weight is 407 g/mol. The van der Waals surface area contributed by atoms with Gasteiger partial charge in [-0.15, -0.1) is 6.58 Å². The van der Waals surface area contributed by atoms with E-state index in [9.17, 15) is 9.59 Å². The topological polar surface area (TPSA) is 66.1 Å². The Labute approximate surface area is 180 Å². The lowest BCUT2D eigenvalue weighted by Crippen LogP contribution is -2.34. The number of nitriles is 1. The summed E-state index contributed by atoms with van der Waals surface area (Å²) in [6.45, 7) is 4.69. The molecule has 1 amide bonds. The molecule has 4 rings (SSSR count). The Balaban J connectivity index is 1.73. The first kappa shape index (κ1) is 20.1. The third kappa shape index (κ3) is 3.96. The van der Waals surface area contributed by atoms with Crippen molar-refractivity contribution in [3.05, 3.63) is 107 Å². The standard InChI is InChI=1S/C26H21N3O2/c1-2-15-28(17-20-13-11-19(16-27)12-14-20)25(30)18-29-23-9-5-3-7-21(23)26(31)22-8-4-6-10-24(22)29/h2-14H,1,15,17-18H2.